The lowest BCUT2D eigenvalue weighted by Crippen LogP contribution is -2.47. The average molecular weight is 215 g/mol. The van der Waals surface area contributed by atoms with Crippen LogP contribution in [0.2, 0.25) is 0 Å². The van der Waals surface area contributed by atoms with Crippen LogP contribution < -0.4 is 0 Å². The Morgan fingerprint density at radius 3 is 2.00 bits per heavy atom. The number of halogens is 1. The Hall–Kier alpha value is 0.160. The van der Waals surface area contributed by atoms with Crippen LogP contribution in [0.25, 0.3) is 0 Å². The van der Waals surface area contributed by atoms with Gasteiger partial charge in [-0.3, -0.25) is 0 Å². The Morgan fingerprint density at radius 1 is 1.50 bits per heavy atom. The molecule has 0 radical (unpaired) electrons. The van der Waals surface area contributed by atoms with E-state index in [1.807, 2.05) is 0 Å². The zero-order chi connectivity index (χ0) is 9.62. The lowest BCUT2D eigenvalue weighted by Gasteiger charge is -2.27. The Morgan fingerprint density at radius 2 is 1.92 bits per heavy atom. The second kappa shape index (κ2) is 2.57. The van der Waals surface area contributed by atoms with Gasteiger partial charge in [-0.2, -0.15) is 0 Å². The summed E-state index contributed by atoms with van der Waals surface area (Å²) in [5.41, 5.74) is 0. The highest BCUT2D eigenvalue weighted by atomic mass is 35.7. The van der Waals surface area contributed by atoms with E-state index >= 15 is 0 Å². The third kappa shape index (κ3) is 1.25. The van der Waals surface area contributed by atoms with E-state index < -0.39 is 19.6 Å². The fraction of sp³-hybridized carbons (Fsp3) is 1.00. The van der Waals surface area contributed by atoms with Crippen LogP contribution in [0.15, 0.2) is 0 Å². The number of aliphatic hydroxyl groups is 2. The molecular formula is C6H11ClO4S. The molecule has 1 fully saturated rings. The van der Waals surface area contributed by atoms with Crippen molar-refractivity contribution < 1.29 is 18.6 Å². The van der Waals surface area contributed by atoms with Crippen molar-refractivity contribution in [3.8, 4) is 0 Å². The van der Waals surface area contributed by atoms with Gasteiger partial charge >= 0.3 is 0 Å². The smallest absolute Gasteiger partial charge is 0.243 e. The molecule has 0 heterocycles. The molecule has 0 aromatic carbocycles. The Bertz CT molecular complexity index is 278. The lowest BCUT2D eigenvalue weighted by atomic mass is 10.1. The highest BCUT2D eigenvalue weighted by molar-refractivity contribution is 8.15. The first-order valence-electron chi connectivity index (χ1n) is 3.66. The first kappa shape index (κ1) is 10.2. The summed E-state index contributed by atoms with van der Waals surface area (Å²) in [6.07, 6.45) is 0.401. The summed E-state index contributed by atoms with van der Waals surface area (Å²) >= 11 is 0. The largest absolute Gasteiger partial charge is 0.364 e. The molecule has 72 valence electrons. The molecule has 0 unspecified atom stereocenters. The molecule has 6 heteroatoms. The molecule has 0 saturated heterocycles. The zero-order valence-electron chi connectivity index (χ0n) is 6.62. The minimum absolute atomic E-state index is 0.0427. The average Bonchev–Trinajstić information content (AvgIpc) is 2.63. The predicted molar refractivity (Wildman–Crippen MR) is 44.2 cm³/mol. The third-order valence-corrected chi connectivity index (χ3v) is 4.95. The van der Waals surface area contributed by atoms with Crippen molar-refractivity contribution >= 4 is 19.7 Å². The quantitative estimate of drug-likeness (QED) is 0.519. The van der Waals surface area contributed by atoms with Gasteiger partial charge in [0.25, 0.3) is 0 Å². The Kier molecular flexibility index (Phi) is 2.20. The van der Waals surface area contributed by atoms with E-state index in [0.29, 0.717) is 0 Å². The van der Waals surface area contributed by atoms with Gasteiger partial charge in [0.15, 0.2) is 5.79 Å². The molecule has 4 nitrogen and oxygen atoms in total. The van der Waals surface area contributed by atoms with Crippen molar-refractivity contribution in [2.45, 2.75) is 36.7 Å². The minimum atomic E-state index is -3.89. The molecule has 0 bridgehead atoms. The molecule has 0 aliphatic heterocycles. The summed E-state index contributed by atoms with van der Waals surface area (Å²) in [6.45, 7) is 1.50. The van der Waals surface area contributed by atoms with Crippen LogP contribution in [0.1, 0.15) is 26.2 Å². The van der Waals surface area contributed by atoms with Crippen LogP contribution in [0.5, 0.6) is 0 Å². The lowest BCUT2D eigenvalue weighted by molar-refractivity contribution is -0.169. The third-order valence-electron chi connectivity index (χ3n) is 2.39. The molecule has 1 rings (SSSR count). The van der Waals surface area contributed by atoms with Crippen LogP contribution in [0, 0.1) is 0 Å². The van der Waals surface area contributed by atoms with Crippen molar-refractivity contribution in [1.82, 2.24) is 0 Å². The van der Waals surface area contributed by atoms with Gasteiger partial charge in [-0.05, 0) is 19.3 Å². The maximum Gasteiger partial charge on any atom is 0.243 e. The monoisotopic (exact) mass is 214 g/mol. The molecule has 0 aromatic heterocycles. The maximum absolute atomic E-state index is 11.0. The standard InChI is InChI=1S/C6H11ClO4S/c1-2-6(8,9)5(3-4-5)12(7,10)11/h8-9H,2-4H2,1H3. The molecule has 2 N–H and O–H groups in total. The van der Waals surface area contributed by atoms with Gasteiger partial charge in [-0.15, -0.1) is 0 Å². The fourth-order valence-corrected chi connectivity index (χ4v) is 3.23. The molecule has 0 amide bonds. The first-order valence-corrected chi connectivity index (χ1v) is 5.97. The summed E-state index contributed by atoms with van der Waals surface area (Å²) < 4.78 is 20.4. The number of rotatable bonds is 3. The van der Waals surface area contributed by atoms with Crippen molar-refractivity contribution in [2.24, 2.45) is 0 Å². The molecule has 1 aliphatic carbocycles. The van der Waals surface area contributed by atoms with Gasteiger partial charge in [0.1, 0.15) is 4.75 Å². The van der Waals surface area contributed by atoms with Gasteiger partial charge in [0.05, 0.1) is 0 Å². The summed E-state index contributed by atoms with van der Waals surface area (Å²) in [4.78, 5) is 0. The van der Waals surface area contributed by atoms with Gasteiger partial charge in [-0.1, -0.05) is 6.92 Å². The number of hydrogen-bond donors (Lipinski definition) is 2. The number of hydrogen-bond acceptors (Lipinski definition) is 4. The van der Waals surface area contributed by atoms with Crippen LogP contribution >= 0.6 is 10.7 Å². The van der Waals surface area contributed by atoms with E-state index in [1.54, 1.807) is 0 Å². The minimum Gasteiger partial charge on any atom is -0.364 e. The van der Waals surface area contributed by atoms with Crippen LogP contribution in [-0.4, -0.2) is 29.2 Å². The van der Waals surface area contributed by atoms with Crippen LogP contribution in [0.3, 0.4) is 0 Å². The van der Waals surface area contributed by atoms with Crippen molar-refractivity contribution in [3.63, 3.8) is 0 Å². The molecule has 0 aromatic rings. The Balaban J connectivity index is 3.03. The van der Waals surface area contributed by atoms with E-state index in [2.05, 4.69) is 0 Å². The fourth-order valence-electron chi connectivity index (χ4n) is 1.28. The Labute approximate surface area is 75.6 Å². The van der Waals surface area contributed by atoms with E-state index in [4.69, 9.17) is 10.7 Å². The molecule has 12 heavy (non-hydrogen) atoms. The molecule has 1 aliphatic rings. The van der Waals surface area contributed by atoms with Gasteiger partial charge < -0.3 is 10.2 Å². The van der Waals surface area contributed by atoms with Crippen molar-refractivity contribution in [2.75, 3.05) is 0 Å². The van der Waals surface area contributed by atoms with E-state index in [1.165, 1.54) is 6.92 Å². The summed E-state index contributed by atoms with van der Waals surface area (Å²) in [5, 5.41) is 18.7. The predicted octanol–water partition coefficient (Wildman–Crippen LogP) is 0.178. The van der Waals surface area contributed by atoms with E-state index in [0.717, 1.165) is 0 Å². The van der Waals surface area contributed by atoms with Gasteiger partial charge in [0.2, 0.25) is 9.05 Å². The van der Waals surface area contributed by atoms with E-state index in [-0.39, 0.29) is 19.3 Å². The van der Waals surface area contributed by atoms with Gasteiger partial charge in [-0.25, -0.2) is 8.42 Å². The zero-order valence-corrected chi connectivity index (χ0v) is 8.19. The van der Waals surface area contributed by atoms with Crippen LogP contribution in [-0.2, 0) is 9.05 Å². The second-order valence-electron chi connectivity index (χ2n) is 3.10. The normalized spacial score (nSPS) is 22.3. The van der Waals surface area contributed by atoms with Crippen molar-refractivity contribution in [1.29, 1.82) is 0 Å². The van der Waals surface area contributed by atoms with Crippen LogP contribution in [0.4, 0.5) is 0 Å². The van der Waals surface area contributed by atoms with E-state index in [9.17, 15) is 18.6 Å². The second-order valence-corrected chi connectivity index (χ2v) is 5.98. The van der Waals surface area contributed by atoms with Crippen molar-refractivity contribution in [3.05, 3.63) is 0 Å². The summed E-state index contributed by atoms with van der Waals surface area (Å²) in [5.74, 6) is -2.19. The summed E-state index contributed by atoms with van der Waals surface area (Å²) in [7, 11) is 1.21. The van der Waals surface area contributed by atoms with Gasteiger partial charge in [0, 0.05) is 10.7 Å². The first-order chi connectivity index (χ1) is 5.27. The summed E-state index contributed by atoms with van der Waals surface area (Å²) in [6, 6.07) is 0. The topological polar surface area (TPSA) is 74.6 Å². The molecule has 1 saturated carbocycles. The highest BCUT2D eigenvalue weighted by Gasteiger charge is 2.66. The molecule has 0 atom stereocenters. The highest BCUT2D eigenvalue weighted by Crippen LogP contribution is 2.53. The molecule has 0 spiro atoms. The maximum atomic E-state index is 11.0. The molecular weight excluding hydrogens is 204 g/mol. The SMILES string of the molecule is CCC(O)(O)C1(S(=O)(=O)Cl)CC1.